The number of anilines is 1. The van der Waals surface area contributed by atoms with Crippen molar-refractivity contribution in [2.24, 2.45) is 5.73 Å². The Kier molecular flexibility index (Phi) is 8.91. The van der Waals surface area contributed by atoms with E-state index in [1.165, 1.54) is 4.90 Å². The van der Waals surface area contributed by atoms with Crippen LogP contribution in [0.5, 0.6) is 0 Å². The van der Waals surface area contributed by atoms with E-state index in [-0.39, 0.29) is 31.3 Å². The van der Waals surface area contributed by atoms with Crippen LogP contribution in [0, 0.1) is 11.8 Å². The van der Waals surface area contributed by atoms with Crippen molar-refractivity contribution in [3.63, 3.8) is 0 Å². The summed E-state index contributed by atoms with van der Waals surface area (Å²) in [4.78, 5) is 41.8. The normalized spacial score (nSPS) is 13.1. The van der Waals surface area contributed by atoms with Crippen LogP contribution in [0.25, 0.3) is 0 Å². The fourth-order valence-corrected chi connectivity index (χ4v) is 4.59. The summed E-state index contributed by atoms with van der Waals surface area (Å²) in [5.74, 6) is 4.54. The summed E-state index contributed by atoms with van der Waals surface area (Å²) in [6.07, 6.45) is 2.24. The Bertz CT molecular complexity index is 1310. The first-order valence-electron chi connectivity index (χ1n) is 12.8. The molecule has 0 atom stereocenters. The molecule has 3 N–H and O–H groups in total. The van der Waals surface area contributed by atoms with Crippen LogP contribution in [0.2, 0.25) is 0 Å². The fraction of sp³-hybridized carbons (Fsp3) is 0.258. The van der Waals surface area contributed by atoms with Gasteiger partial charge >= 0.3 is 5.97 Å². The van der Waals surface area contributed by atoms with Gasteiger partial charge in [-0.3, -0.25) is 19.3 Å². The second-order valence-corrected chi connectivity index (χ2v) is 9.14. The van der Waals surface area contributed by atoms with Crippen molar-refractivity contribution >= 4 is 23.5 Å². The van der Waals surface area contributed by atoms with Crippen LogP contribution in [-0.2, 0) is 9.59 Å². The lowest BCUT2D eigenvalue weighted by atomic mass is 9.95. The molecule has 4 rings (SSSR count). The van der Waals surface area contributed by atoms with Crippen LogP contribution in [0.4, 0.5) is 5.69 Å². The van der Waals surface area contributed by atoms with Crippen molar-refractivity contribution in [2.45, 2.75) is 31.7 Å². The van der Waals surface area contributed by atoms with E-state index in [4.69, 9.17) is 5.73 Å². The van der Waals surface area contributed by atoms with Crippen molar-refractivity contribution in [2.75, 3.05) is 24.5 Å². The molecule has 3 aromatic rings. The molecule has 1 heterocycles. The number of aliphatic carboxylic acids is 1. The topological polar surface area (TPSA) is 104 Å². The predicted octanol–water partition coefficient (Wildman–Crippen LogP) is 4.22. The molecule has 0 radical (unpaired) electrons. The van der Waals surface area contributed by atoms with E-state index < -0.39 is 12.0 Å². The number of carbonyl (C=O) groups excluding carboxylic acids is 2. The van der Waals surface area contributed by atoms with Crippen molar-refractivity contribution in [1.29, 1.82) is 0 Å². The van der Waals surface area contributed by atoms with E-state index >= 15 is 0 Å². The predicted molar refractivity (Wildman–Crippen MR) is 147 cm³/mol. The van der Waals surface area contributed by atoms with Crippen LogP contribution in [-0.4, -0.2) is 47.4 Å². The molecule has 0 saturated carbocycles. The third-order valence-electron chi connectivity index (χ3n) is 6.44. The van der Waals surface area contributed by atoms with E-state index in [0.29, 0.717) is 29.8 Å². The second-order valence-electron chi connectivity index (χ2n) is 9.14. The zero-order valence-electron chi connectivity index (χ0n) is 21.2. The molecule has 0 spiro atoms. The van der Waals surface area contributed by atoms with Gasteiger partial charge in [-0.25, -0.2) is 0 Å². The summed E-state index contributed by atoms with van der Waals surface area (Å²) in [6.45, 7) is 0.329. The largest absolute Gasteiger partial charge is 0.481 e. The van der Waals surface area contributed by atoms with Crippen molar-refractivity contribution < 1.29 is 19.5 Å². The van der Waals surface area contributed by atoms with Crippen LogP contribution in [0.15, 0.2) is 78.9 Å². The number of fused-ring (bicyclic) bond motifs is 1. The summed E-state index contributed by atoms with van der Waals surface area (Å²) in [5, 5.41) is 9.24. The molecule has 2 amide bonds. The molecule has 0 saturated heterocycles. The number of carboxylic acid groups (broad SMARTS) is 1. The first-order valence-corrected chi connectivity index (χ1v) is 12.8. The number of hydrogen-bond donors (Lipinski definition) is 2. The molecular formula is C31H31N3O4. The highest BCUT2D eigenvalue weighted by molar-refractivity contribution is 6.10. The standard InChI is InChI=1S/C31H31N3O4/c32-19-10-2-1-5-11-23-16-17-27-26(21-23)31(38)33(20-18-29(36)37)22-28(35)34(27)30(24-12-6-3-7-13-24)25-14-8-4-9-15-25/h3-4,6-9,12-17,21,30H,1-2,10,18-20,22,32H2,(H,36,37). The Morgan fingerprint density at radius 1 is 0.947 bits per heavy atom. The van der Waals surface area contributed by atoms with E-state index in [0.717, 1.165) is 24.0 Å². The van der Waals surface area contributed by atoms with Crippen LogP contribution >= 0.6 is 0 Å². The first-order chi connectivity index (χ1) is 18.5. The molecule has 38 heavy (non-hydrogen) atoms. The lowest BCUT2D eigenvalue weighted by Gasteiger charge is -2.32. The molecule has 1 aliphatic heterocycles. The van der Waals surface area contributed by atoms with Gasteiger partial charge in [0, 0.05) is 18.5 Å². The SMILES string of the molecule is NCCCCC#Cc1ccc2c(c1)C(=O)N(CCC(=O)O)CC(=O)N2C(c1ccccc1)c1ccccc1. The number of rotatable bonds is 9. The number of carboxylic acids is 1. The third kappa shape index (κ3) is 6.28. The number of carbonyl (C=O) groups is 3. The van der Waals surface area contributed by atoms with Crippen LogP contribution in [0.3, 0.4) is 0 Å². The lowest BCUT2D eigenvalue weighted by molar-refractivity contribution is -0.137. The third-order valence-corrected chi connectivity index (χ3v) is 6.44. The summed E-state index contributed by atoms with van der Waals surface area (Å²) in [7, 11) is 0. The van der Waals surface area contributed by atoms with Gasteiger partial charge in [0.2, 0.25) is 5.91 Å². The fourth-order valence-electron chi connectivity index (χ4n) is 4.59. The molecule has 0 aromatic heterocycles. The van der Waals surface area contributed by atoms with Gasteiger partial charge in [0.1, 0.15) is 6.54 Å². The van der Waals surface area contributed by atoms with Crippen LogP contribution < -0.4 is 10.6 Å². The van der Waals surface area contributed by atoms with E-state index in [2.05, 4.69) is 11.8 Å². The Labute approximate surface area is 222 Å². The summed E-state index contributed by atoms with van der Waals surface area (Å²) in [6, 6.07) is 24.2. The van der Waals surface area contributed by atoms with E-state index in [9.17, 15) is 19.5 Å². The van der Waals surface area contributed by atoms with E-state index in [1.807, 2.05) is 66.7 Å². The first kappa shape index (κ1) is 26.6. The second kappa shape index (κ2) is 12.7. The van der Waals surface area contributed by atoms with Crippen LogP contribution in [0.1, 0.15) is 58.8 Å². The summed E-state index contributed by atoms with van der Waals surface area (Å²) in [5.41, 5.74) is 8.81. The monoisotopic (exact) mass is 509 g/mol. The molecule has 194 valence electrons. The number of nitrogens with zero attached hydrogens (tertiary/aromatic N) is 2. The molecular weight excluding hydrogens is 478 g/mol. The number of hydrogen-bond acceptors (Lipinski definition) is 4. The zero-order valence-corrected chi connectivity index (χ0v) is 21.2. The molecule has 0 unspecified atom stereocenters. The lowest BCUT2D eigenvalue weighted by Crippen LogP contribution is -2.42. The Morgan fingerprint density at radius 2 is 1.61 bits per heavy atom. The quantitative estimate of drug-likeness (QED) is 0.332. The number of benzene rings is 3. The van der Waals surface area contributed by atoms with Crippen molar-refractivity contribution in [1.82, 2.24) is 4.90 Å². The molecule has 3 aromatic carbocycles. The van der Waals surface area contributed by atoms with Gasteiger partial charge in [0.05, 0.1) is 23.7 Å². The molecule has 7 heteroatoms. The minimum Gasteiger partial charge on any atom is -0.481 e. The van der Waals surface area contributed by atoms with Gasteiger partial charge in [-0.1, -0.05) is 72.5 Å². The Balaban J connectivity index is 1.83. The minimum absolute atomic E-state index is 0.0660. The smallest absolute Gasteiger partial charge is 0.305 e. The molecule has 1 aliphatic rings. The average Bonchev–Trinajstić information content (AvgIpc) is 3.03. The van der Waals surface area contributed by atoms with Gasteiger partial charge in [0.15, 0.2) is 0 Å². The highest BCUT2D eigenvalue weighted by atomic mass is 16.4. The summed E-state index contributed by atoms with van der Waals surface area (Å²) < 4.78 is 0. The Hall–Kier alpha value is -4.41. The maximum absolute atomic E-state index is 13.9. The van der Waals surface area contributed by atoms with Gasteiger partial charge < -0.3 is 15.7 Å². The maximum atomic E-state index is 13.9. The van der Waals surface area contributed by atoms with Gasteiger partial charge in [-0.2, -0.15) is 0 Å². The highest BCUT2D eigenvalue weighted by Crippen LogP contribution is 2.37. The minimum atomic E-state index is -1.03. The summed E-state index contributed by atoms with van der Waals surface area (Å²) >= 11 is 0. The van der Waals surface area contributed by atoms with Crippen molar-refractivity contribution in [3.8, 4) is 11.8 Å². The molecule has 0 aliphatic carbocycles. The average molecular weight is 510 g/mol. The van der Waals surface area contributed by atoms with Gasteiger partial charge in [-0.05, 0) is 48.7 Å². The molecule has 0 fully saturated rings. The molecule has 0 bridgehead atoms. The van der Waals surface area contributed by atoms with E-state index in [1.54, 1.807) is 17.0 Å². The zero-order chi connectivity index (χ0) is 26.9. The number of nitrogens with two attached hydrogens (primary N) is 1. The highest BCUT2D eigenvalue weighted by Gasteiger charge is 2.36. The van der Waals surface area contributed by atoms with Gasteiger partial charge in [0.25, 0.3) is 5.91 Å². The maximum Gasteiger partial charge on any atom is 0.305 e. The van der Waals surface area contributed by atoms with Crippen molar-refractivity contribution in [3.05, 3.63) is 101 Å². The number of amides is 2. The Morgan fingerprint density at radius 3 is 2.21 bits per heavy atom. The molecule has 7 nitrogen and oxygen atoms in total. The number of unbranched alkanes of at least 4 members (excludes halogenated alkanes) is 2. The van der Waals surface area contributed by atoms with Gasteiger partial charge in [-0.15, -0.1) is 0 Å².